The van der Waals surface area contributed by atoms with E-state index in [4.69, 9.17) is 21.4 Å². The van der Waals surface area contributed by atoms with Crippen LogP contribution in [0.3, 0.4) is 0 Å². The molecule has 0 aliphatic heterocycles. The van der Waals surface area contributed by atoms with Gasteiger partial charge in [0, 0.05) is 22.9 Å². The number of aliphatic hydroxyl groups is 1. The Morgan fingerprint density at radius 2 is 1.95 bits per heavy atom. The van der Waals surface area contributed by atoms with E-state index in [1.807, 2.05) is 24.3 Å². The van der Waals surface area contributed by atoms with Crippen LogP contribution >= 0.6 is 11.6 Å². The SMILES string of the molecule is COc1ccc(Cl)cc1CC(=O)Nc1ccc(CCO)cc1. The normalized spacial score (nSPS) is 10.3. The number of ether oxygens (including phenoxy) is 1. The van der Waals surface area contributed by atoms with Gasteiger partial charge in [-0.05, 0) is 42.3 Å². The second-order valence-corrected chi connectivity index (χ2v) is 5.29. The van der Waals surface area contributed by atoms with Gasteiger partial charge in [0.1, 0.15) is 5.75 Å². The minimum absolute atomic E-state index is 0.111. The molecule has 4 nitrogen and oxygen atoms in total. The molecule has 0 radical (unpaired) electrons. The number of benzene rings is 2. The van der Waals surface area contributed by atoms with Crippen molar-refractivity contribution < 1.29 is 14.6 Å². The van der Waals surface area contributed by atoms with Crippen molar-refractivity contribution >= 4 is 23.2 Å². The van der Waals surface area contributed by atoms with E-state index in [2.05, 4.69) is 5.32 Å². The van der Waals surface area contributed by atoms with Crippen molar-refractivity contribution in [3.63, 3.8) is 0 Å². The molecule has 0 bridgehead atoms. The number of hydrogen-bond donors (Lipinski definition) is 2. The molecule has 1 amide bonds. The van der Waals surface area contributed by atoms with Crippen LogP contribution in [0.2, 0.25) is 5.02 Å². The third-order valence-corrected chi connectivity index (χ3v) is 3.47. The van der Waals surface area contributed by atoms with E-state index in [1.165, 1.54) is 0 Å². The van der Waals surface area contributed by atoms with Crippen molar-refractivity contribution in [1.29, 1.82) is 0 Å². The Kier molecular flexibility index (Phi) is 5.81. The first-order valence-corrected chi connectivity index (χ1v) is 7.32. The van der Waals surface area contributed by atoms with E-state index >= 15 is 0 Å². The van der Waals surface area contributed by atoms with E-state index in [0.29, 0.717) is 22.9 Å². The molecule has 0 saturated carbocycles. The van der Waals surface area contributed by atoms with Crippen LogP contribution in [-0.2, 0) is 17.6 Å². The summed E-state index contributed by atoms with van der Waals surface area (Å²) < 4.78 is 5.23. The number of nitrogens with one attached hydrogen (secondary N) is 1. The smallest absolute Gasteiger partial charge is 0.228 e. The topological polar surface area (TPSA) is 58.6 Å². The molecule has 116 valence electrons. The lowest BCUT2D eigenvalue weighted by Gasteiger charge is -2.10. The van der Waals surface area contributed by atoms with Crippen molar-refractivity contribution in [3.8, 4) is 5.75 Å². The van der Waals surface area contributed by atoms with Gasteiger partial charge in [0.05, 0.1) is 13.5 Å². The van der Waals surface area contributed by atoms with Crippen LogP contribution in [-0.4, -0.2) is 24.7 Å². The Labute approximate surface area is 134 Å². The molecule has 5 heteroatoms. The molecule has 0 aromatic heterocycles. The first-order chi connectivity index (χ1) is 10.6. The minimum Gasteiger partial charge on any atom is -0.496 e. The van der Waals surface area contributed by atoms with Gasteiger partial charge in [-0.2, -0.15) is 0 Å². The lowest BCUT2D eigenvalue weighted by Crippen LogP contribution is -2.15. The fraction of sp³-hybridized carbons (Fsp3) is 0.235. The molecule has 0 saturated heterocycles. The molecule has 0 spiro atoms. The molecule has 0 atom stereocenters. The molecular formula is C17H18ClNO3. The van der Waals surface area contributed by atoms with Gasteiger partial charge in [-0.1, -0.05) is 23.7 Å². The number of methoxy groups -OCH3 is 1. The zero-order valence-corrected chi connectivity index (χ0v) is 13.1. The number of anilines is 1. The van der Waals surface area contributed by atoms with E-state index in [0.717, 1.165) is 11.1 Å². The summed E-state index contributed by atoms with van der Waals surface area (Å²) in [6.45, 7) is 0.111. The van der Waals surface area contributed by atoms with Crippen LogP contribution in [0.25, 0.3) is 0 Å². The Morgan fingerprint density at radius 1 is 1.23 bits per heavy atom. The largest absolute Gasteiger partial charge is 0.496 e. The van der Waals surface area contributed by atoms with E-state index in [1.54, 1.807) is 25.3 Å². The predicted octanol–water partition coefficient (Wildman–Crippen LogP) is 3.06. The summed E-state index contributed by atoms with van der Waals surface area (Å²) in [7, 11) is 1.56. The highest BCUT2D eigenvalue weighted by atomic mass is 35.5. The number of carbonyl (C=O) groups is 1. The van der Waals surface area contributed by atoms with Crippen molar-refractivity contribution in [2.24, 2.45) is 0 Å². The molecule has 2 aromatic rings. The van der Waals surface area contributed by atoms with E-state index < -0.39 is 0 Å². The average molecular weight is 320 g/mol. The summed E-state index contributed by atoms with van der Waals surface area (Å²) in [4.78, 5) is 12.1. The van der Waals surface area contributed by atoms with Gasteiger partial charge >= 0.3 is 0 Å². The highest BCUT2D eigenvalue weighted by molar-refractivity contribution is 6.30. The Morgan fingerprint density at radius 3 is 2.59 bits per heavy atom. The Hall–Kier alpha value is -2.04. The standard InChI is InChI=1S/C17H18ClNO3/c1-22-16-7-4-14(18)10-13(16)11-17(21)19-15-5-2-12(3-6-15)8-9-20/h2-7,10,20H,8-9,11H2,1H3,(H,19,21). The summed E-state index contributed by atoms with van der Waals surface area (Å²) in [5, 5.41) is 12.3. The van der Waals surface area contributed by atoms with Crippen LogP contribution in [0.4, 0.5) is 5.69 Å². The average Bonchev–Trinajstić information content (AvgIpc) is 2.50. The third kappa shape index (κ3) is 4.48. The van der Waals surface area contributed by atoms with Crippen LogP contribution in [0.1, 0.15) is 11.1 Å². The van der Waals surface area contributed by atoms with Gasteiger partial charge in [0.25, 0.3) is 0 Å². The Balaban J connectivity index is 2.02. The van der Waals surface area contributed by atoms with Crippen molar-refractivity contribution in [3.05, 3.63) is 58.6 Å². The van der Waals surface area contributed by atoms with E-state index in [-0.39, 0.29) is 18.9 Å². The van der Waals surface area contributed by atoms with Gasteiger partial charge in [-0.25, -0.2) is 0 Å². The van der Waals surface area contributed by atoms with Crippen LogP contribution in [0, 0.1) is 0 Å². The zero-order valence-electron chi connectivity index (χ0n) is 12.3. The number of halogens is 1. The Bertz CT molecular complexity index is 641. The number of rotatable bonds is 6. The highest BCUT2D eigenvalue weighted by Crippen LogP contribution is 2.23. The lowest BCUT2D eigenvalue weighted by atomic mass is 10.1. The number of hydrogen-bond acceptors (Lipinski definition) is 3. The number of carbonyl (C=O) groups excluding carboxylic acids is 1. The van der Waals surface area contributed by atoms with Crippen molar-refractivity contribution in [1.82, 2.24) is 0 Å². The first-order valence-electron chi connectivity index (χ1n) is 6.94. The van der Waals surface area contributed by atoms with Crippen LogP contribution in [0.15, 0.2) is 42.5 Å². The van der Waals surface area contributed by atoms with Gasteiger partial charge in [0.2, 0.25) is 5.91 Å². The maximum absolute atomic E-state index is 12.1. The maximum Gasteiger partial charge on any atom is 0.228 e. The van der Waals surface area contributed by atoms with Gasteiger partial charge < -0.3 is 15.2 Å². The summed E-state index contributed by atoms with van der Waals surface area (Å²) >= 11 is 5.96. The second-order valence-electron chi connectivity index (χ2n) is 4.85. The van der Waals surface area contributed by atoms with Crippen molar-refractivity contribution in [2.75, 3.05) is 19.0 Å². The number of amides is 1. The highest BCUT2D eigenvalue weighted by Gasteiger charge is 2.10. The van der Waals surface area contributed by atoms with Crippen molar-refractivity contribution in [2.45, 2.75) is 12.8 Å². The predicted molar refractivity (Wildman–Crippen MR) is 87.6 cm³/mol. The molecule has 0 aliphatic carbocycles. The molecule has 0 unspecified atom stereocenters. The molecule has 0 fully saturated rings. The second kappa shape index (κ2) is 7.82. The summed E-state index contributed by atoms with van der Waals surface area (Å²) in [6, 6.07) is 12.6. The van der Waals surface area contributed by atoms with Crippen LogP contribution in [0.5, 0.6) is 5.75 Å². The molecule has 2 aromatic carbocycles. The van der Waals surface area contributed by atoms with Gasteiger partial charge in [0.15, 0.2) is 0 Å². The fourth-order valence-corrected chi connectivity index (χ4v) is 2.34. The molecule has 22 heavy (non-hydrogen) atoms. The summed E-state index contributed by atoms with van der Waals surface area (Å²) in [6.07, 6.45) is 0.788. The molecule has 0 heterocycles. The third-order valence-electron chi connectivity index (χ3n) is 3.23. The quantitative estimate of drug-likeness (QED) is 0.860. The van der Waals surface area contributed by atoms with Crippen LogP contribution < -0.4 is 10.1 Å². The molecule has 2 N–H and O–H groups in total. The monoisotopic (exact) mass is 319 g/mol. The van der Waals surface area contributed by atoms with Gasteiger partial charge in [-0.15, -0.1) is 0 Å². The number of aliphatic hydroxyl groups excluding tert-OH is 1. The maximum atomic E-state index is 12.1. The van der Waals surface area contributed by atoms with E-state index in [9.17, 15) is 4.79 Å². The zero-order chi connectivity index (χ0) is 15.9. The fourth-order valence-electron chi connectivity index (χ4n) is 2.15. The first kappa shape index (κ1) is 16.3. The van der Waals surface area contributed by atoms with Gasteiger partial charge in [-0.3, -0.25) is 4.79 Å². The molecule has 0 aliphatic rings. The summed E-state index contributed by atoms with van der Waals surface area (Å²) in [5.41, 5.74) is 2.48. The summed E-state index contributed by atoms with van der Waals surface area (Å²) in [5.74, 6) is 0.494. The molecular weight excluding hydrogens is 302 g/mol. The minimum atomic E-state index is -0.143. The molecule has 2 rings (SSSR count). The lowest BCUT2D eigenvalue weighted by molar-refractivity contribution is -0.115.